The SMILES string of the molecule is c1ccc(-c2ccc(N(c3ccccc3)c3ccc(-c4c5oc(-c6ccccc6)nc5cc5oc6ccccc6c45)cc3)c(-c3ccccc3)c2)cc1. The van der Waals surface area contributed by atoms with Gasteiger partial charge in [-0.2, -0.15) is 0 Å². The molecule has 8 aromatic carbocycles. The minimum Gasteiger partial charge on any atom is -0.456 e. The first-order chi connectivity index (χ1) is 26.3. The topological polar surface area (TPSA) is 42.4 Å². The van der Waals surface area contributed by atoms with Gasteiger partial charge in [0.05, 0.1) is 5.69 Å². The van der Waals surface area contributed by atoms with Crippen molar-refractivity contribution in [2.45, 2.75) is 0 Å². The number of para-hydroxylation sites is 2. The van der Waals surface area contributed by atoms with Crippen LogP contribution < -0.4 is 4.90 Å². The van der Waals surface area contributed by atoms with Gasteiger partial charge in [0.25, 0.3) is 0 Å². The Morgan fingerprint density at radius 2 is 1.00 bits per heavy atom. The zero-order valence-electron chi connectivity index (χ0n) is 28.7. The first kappa shape index (κ1) is 30.6. The molecule has 53 heavy (non-hydrogen) atoms. The van der Waals surface area contributed by atoms with Crippen molar-refractivity contribution in [1.82, 2.24) is 4.98 Å². The maximum absolute atomic E-state index is 6.63. The number of oxazole rings is 1. The highest BCUT2D eigenvalue weighted by Crippen LogP contribution is 2.46. The number of fused-ring (bicyclic) bond motifs is 4. The monoisotopic (exact) mass is 680 g/mol. The summed E-state index contributed by atoms with van der Waals surface area (Å²) in [6, 6.07) is 67.5. The minimum absolute atomic E-state index is 0.582. The molecule has 4 nitrogen and oxygen atoms in total. The van der Waals surface area contributed by atoms with Gasteiger partial charge in [0.15, 0.2) is 5.58 Å². The highest BCUT2D eigenvalue weighted by Gasteiger charge is 2.23. The van der Waals surface area contributed by atoms with Gasteiger partial charge >= 0.3 is 0 Å². The number of hydrogen-bond acceptors (Lipinski definition) is 4. The molecule has 0 atom stereocenters. The number of anilines is 3. The molecule has 10 rings (SSSR count). The molecule has 0 bridgehead atoms. The highest BCUT2D eigenvalue weighted by atomic mass is 16.4. The fourth-order valence-corrected chi connectivity index (χ4v) is 7.42. The van der Waals surface area contributed by atoms with E-state index < -0.39 is 0 Å². The van der Waals surface area contributed by atoms with Crippen LogP contribution in [0.15, 0.2) is 203 Å². The van der Waals surface area contributed by atoms with Gasteiger partial charge in [0.2, 0.25) is 5.89 Å². The molecule has 0 saturated carbocycles. The van der Waals surface area contributed by atoms with Crippen LogP contribution in [0.25, 0.3) is 77.9 Å². The Hall–Kier alpha value is -7.17. The van der Waals surface area contributed by atoms with E-state index in [-0.39, 0.29) is 0 Å². The predicted molar refractivity (Wildman–Crippen MR) is 218 cm³/mol. The van der Waals surface area contributed by atoms with Gasteiger partial charge in [0.1, 0.15) is 16.7 Å². The van der Waals surface area contributed by atoms with Gasteiger partial charge in [-0.15, -0.1) is 0 Å². The summed E-state index contributed by atoms with van der Waals surface area (Å²) >= 11 is 0. The molecule has 0 amide bonds. The molecular formula is C49H32N2O2. The number of furan rings is 1. The maximum Gasteiger partial charge on any atom is 0.227 e. The Kier molecular flexibility index (Phi) is 7.43. The molecule has 0 radical (unpaired) electrons. The normalized spacial score (nSPS) is 11.4. The molecule has 0 unspecified atom stereocenters. The van der Waals surface area contributed by atoms with Crippen LogP contribution >= 0.6 is 0 Å². The summed E-state index contributed by atoms with van der Waals surface area (Å²) in [4.78, 5) is 7.29. The molecule has 4 heteroatoms. The van der Waals surface area contributed by atoms with Crippen molar-refractivity contribution in [3.63, 3.8) is 0 Å². The van der Waals surface area contributed by atoms with Crippen LogP contribution in [0.4, 0.5) is 17.1 Å². The quantitative estimate of drug-likeness (QED) is 0.168. The summed E-state index contributed by atoms with van der Waals surface area (Å²) in [6.07, 6.45) is 0. The fourth-order valence-electron chi connectivity index (χ4n) is 7.42. The lowest BCUT2D eigenvalue weighted by atomic mass is 9.95. The predicted octanol–water partition coefficient (Wildman–Crippen LogP) is 13.9. The smallest absolute Gasteiger partial charge is 0.227 e. The highest BCUT2D eigenvalue weighted by molar-refractivity contribution is 6.19. The van der Waals surface area contributed by atoms with Crippen molar-refractivity contribution in [1.29, 1.82) is 0 Å². The van der Waals surface area contributed by atoms with Crippen molar-refractivity contribution in [3.05, 3.63) is 194 Å². The van der Waals surface area contributed by atoms with Crippen LogP contribution in [0.2, 0.25) is 0 Å². The third-order valence-corrected chi connectivity index (χ3v) is 9.90. The largest absolute Gasteiger partial charge is 0.456 e. The summed E-state index contributed by atoms with van der Waals surface area (Å²) in [5.74, 6) is 0.582. The van der Waals surface area contributed by atoms with E-state index in [9.17, 15) is 0 Å². The van der Waals surface area contributed by atoms with Crippen LogP contribution in [-0.2, 0) is 0 Å². The van der Waals surface area contributed by atoms with Crippen LogP contribution in [0.3, 0.4) is 0 Å². The number of benzene rings is 8. The summed E-state index contributed by atoms with van der Waals surface area (Å²) in [7, 11) is 0. The van der Waals surface area contributed by atoms with Gasteiger partial charge in [-0.05, 0) is 76.9 Å². The second kappa shape index (κ2) is 12.9. The molecule has 0 spiro atoms. The van der Waals surface area contributed by atoms with Gasteiger partial charge in [-0.25, -0.2) is 4.98 Å². The van der Waals surface area contributed by atoms with E-state index in [0.29, 0.717) is 5.89 Å². The van der Waals surface area contributed by atoms with E-state index in [1.165, 1.54) is 11.1 Å². The molecule has 2 heterocycles. The van der Waals surface area contributed by atoms with Gasteiger partial charge in [-0.3, -0.25) is 0 Å². The van der Waals surface area contributed by atoms with Crippen molar-refractivity contribution < 1.29 is 8.83 Å². The lowest BCUT2D eigenvalue weighted by Gasteiger charge is -2.28. The van der Waals surface area contributed by atoms with Crippen molar-refractivity contribution in [2.75, 3.05) is 4.90 Å². The molecule has 0 aliphatic rings. The maximum atomic E-state index is 6.63. The molecule has 0 saturated heterocycles. The summed E-state index contributed by atoms with van der Waals surface area (Å²) in [5.41, 5.74) is 13.8. The number of nitrogens with zero attached hydrogens (tertiary/aromatic N) is 2. The van der Waals surface area contributed by atoms with Gasteiger partial charge in [-0.1, -0.05) is 133 Å². The van der Waals surface area contributed by atoms with E-state index in [0.717, 1.165) is 77.9 Å². The Morgan fingerprint density at radius 3 is 1.72 bits per heavy atom. The Labute approximate surface area is 306 Å². The zero-order chi connectivity index (χ0) is 35.1. The van der Waals surface area contributed by atoms with E-state index >= 15 is 0 Å². The van der Waals surface area contributed by atoms with Crippen molar-refractivity contribution in [2.24, 2.45) is 0 Å². The average molecular weight is 681 g/mol. The summed E-state index contributed by atoms with van der Waals surface area (Å²) < 4.78 is 13.1. The van der Waals surface area contributed by atoms with Crippen molar-refractivity contribution >= 4 is 50.1 Å². The third kappa shape index (κ3) is 5.45. The lowest BCUT2D eigenvalue weighted by molar-refractivity contribution is 0.621. The molecule has 2 aromatic heterocycles. The van der Waals surface area contributed by atoms with Gasteiger partial charge < -0.3 is 13.7 Å². The third-order valence-electron chi connectivity index (χ3n) is 9.90. The molecular weight excluding hydrogens is 649 g/mol. The molecule has 250 valence electrons. The number of hydrogen-bond donors (Lipinski definition) is 0. The van der Waals surface area contributed by atoms with E-state index in [4.69, 9.17) is 13.8 Å². The molecule has 0 N–H and O–H groups in total. The first-order valence-corrected chi connectivity index (χ1v) is 17.8. The van der Waals surface area contributed by atoms with E-state index in [1.54, 1.807) is 0 Å². The molecule has 0 aliphatic heterocycles. The Balaban J connectivity index is 1.16. The average Bonchev–Trinajstić information content (AvgIpc) is 3.83. The van der Waals surface area contributed by atoms with E-state index in [1.807, 2.05) is 48.5 Å². The Morgan fingerprint density at radius 1 is 0.415 bits per heavy atom. The summed E-state index contributed by atoms with van der Waals surface area (Å²) in [5, 5.41) is 2.05. The van der Waals surface area contributed by atoms with Crippen LogP contribution in [0.5, 0.6) is 0 Å². The fraction of sp³-hybridized carbons (Fsp3) is 0. The molecule has 0 aliphatic carbocycles. The minimum atomic E-state index is 0.582. The first-order valence-electron chi connectivity index (χ1n) is 17.8. The van der Waals surface area contributed by atoms with Crippen LogP contribution in [-0.4, -0.2) is 4.98 Å². The molecule has 10 aromatic rings. The second-order valence-corrected chi connectivity index (χ2v) is 13.1. The van der Waals surface area contributed by atoms with Crippen LogP contribution in [0, 0.1) is 0 Å². The second-order valence-electron chi connectivity index (χ2n) is 13.1. The zero-order valence-corrected chi connectivity index (χ0v) is 28.7. The Bertz CT molecular complexity index is 2860. The van der Waals surface area contributed by atoms with Gasteiger partial charge in [0, 0.05) is 44.9 Å². The lowest BCUT2D eigenvalue weighted by Crippen LogP contribution is -2.11. The summed E-state index contributed by atoms with van der Waals surface area (Å²) in [6.45, 7) is 0. The van der Waals surface area contributed by atoms with Crippen molar-refractivity contribution in [3.8, 4) is 44.8 Å². The number of aromatic nitrogens is 1. The number of rotatable bonds is 7. The standard InChI is InChI=1S/C49H32N2O2/c1-5-15-33(16-6-1)37-27-30-43(41(31-37)34-17-7-2-8-18-34)51(38-21-11-4-12-22-38)39-28-25-35(26-29-39)46-47-40-23-13-14-24-44(40)52-45(47)32-42-48(46)53-49(50-42)36-19-9-3-10-20-36/h1-32H. The van der Waals surface area contributed by atoms with E-state index in [2.05, 4.69) is 150 Å². The molecule has 0 fully saturated rings. The van der Waals surface area contributed by atoms with Crippen LogP contribution in [0.1, 0.15) is 0 Å².